The summed E-state index contributed by atoms with van der Waals surface area (Å²) >= 11 is 7.19. The lowest BCUT2D eigenvalue weighted by molar-refractivity contribution is -0.127. The van der Waals surface area contributed by atoms with Gasteiger partial charge in [-0.3, -0.25) is 14.5 Å². The first-order valence-corrected chi connectivity index (χ1v) is 10.1. The number of rotatable bonds is 7. The van der Waals surface area contributed by atoms with Gasteiger partial charge in [0.1, 0.15) is 11.0 Å². The summed E-state index contributed by atoms with van der Waals surface area (Å²) in [6, 6.07) is 14.0. The predicted octanol–water partition coefficient (Wildman–Crippen LogP) is 4.49. The number of carbonyl (C=O) groups excluding carboxylic acids is 2. The molecule has 1 saturated heterocycles. The zero-order valence-corrected chi connectivity index (χ0v) is 17.4. The Labute approximate surface area is 178 Å². The van der Waals surface area contributed by atoms with Gasteiger partial charge in [0.25, 0.3) is 0 Å². The van der Waals surface area contributed by atoms with Crippen LogP contribution >= 0.6 is 23.4 Å². The fourth-order valence-corrected chi connectivity index (χ4v) is 4.00. The van der Waals surface area contributed by atoms with Gasteiger partial charge in [-0.05, 0) is 48.5 Å². The van der Waals surface area contributed by atoms with E-state index in [1.807, 2.05) is 0 Å². The standard InChI is InChI=1S/C21H20ClN3O3S/c1-3-12-25-20(27)18(29-21(25)24-16-6-4-14(22)5-7-16)13-19(26)23-15-8-10-17(28-2)11-9-15/h3-11,18H,1,12-13H2,2H3,(H,23,26)/t18-/m0/s1. The Kier molecular flexibility index (Phi) is 6.95. The van der Waals surface area contributed by atoms with E-state index in [0.29, 0.717) is 33.9 Å². The smallest absolute Gasteiger partial charge is 0.242 e. The maximum absolute atomic E-state index is 12.8. The Morgan fingerprint density at radius 2 is 1.97 bits per heavy atom. The summed E-state index contributed by atoms with van der Waals surface area (Å²) in [4.78, 5) is 31.3. The second-order valence-corrected chi connectivity index (χ2v) is 7.80. The van der Waals surface area contributed by atoms with Crippen molar-refractivity contribution < 1.29 is 14.3 Å². The van der Waals surface area contributed by atoms with Crippen LogP contribution in [-0.4, -0.2) is 40.8 Å². The van der Waals surface area contributed by atoms with Gasteiger partial charge in [-0.1, -0.05) is 29.4 Å². The van der Waals surface area contributed by atoms with E-state index in [-0.39, 0.29) is 18.2 Å². The highest BCUT2D eigenvalue weighted by Crippen LogP contribution is 2.32. The van der Waals surface area contributed by atoms with Gasteiger partial charge in [-0.2, -0.15) is 0 Å². The van der Waals surface area contributed by atoms with Gasteiger partial charge < -0.3 is 10.1 Å². The maximum atomic E-state index is 12.8. The highest BCUT2D eigenvalue weighted by molar-refractivity contribution is 8.15. The van der Waals surface area contributed by atoms with Gasteiger partial charge in [0.05, 0.1) is 12.8 Å². The Hall–Kier alpha value is -2.77. The molecular weight excluding hydrogens is 410 g/mol. The molecule has 29 heavy (non-hydrogen) atoms. The van der Waals surface area contributed by atoms with Crippen LogP contribution in [0.5, 0.6) is 5.75 Å². The van der Waals surface area contributed by atoms with E-state index in [2.05, 4.69) is 16.9 Å². The number of anilines is 1. The number of methoxy groups -OCH3 is 1. The van der Waals surface area contributed by atoms with E-state index in [4.69, 9.17) is 16.3 Å². The quantitative estimate of drug-likeness (QED) is 0.658. The molecule has 0 saturated carbocycles. The van der Waals surface area contributed by atoms with Crippen molar-refractivity contribution in [1.29, 1.82) is 0 Å². The van der Waals surface area contributed by atoms with Crippen LogP contribution in [0.4, 0.5) is 11.4 Å². The van der Waals surface area contributed by atoms with Crippen LogP contribution in [0.1, 0.15) is 6.42 Å². The first kappa shape index (κ1) is 21.0. The molecule has 8 heteroatoms. The number of carbonyl (C=O) groups is 2. The Morgan fingerprint density at radius 1 is 1.28 bits per heavy atom. The average Bonchev–Trinajstić information content (AvgIpc) is 2.99. The molecule has 1 heterocycles. The third-order valence-corrected chi connectivity index (χ3v) is 5.55. The van der Waals surface area contributed by atoms with Crippen LogP contribution in [0, 0.1) is 0 Å². The number of halogens is 1. The van der Waals surface area contributed by atoms with Crippen molar-refractivity contribution in [2.75, 3.05) is 19.0 Å². The number of nitrogens with zero attached hydrogens (tertiary/aromatic N) is 2. The van der Waals surface area contributed by atoms with Crippen molar-refractivity contribution in [1.82, 2.24) is 4.90 Å². The lowest BCUT2D eigenvalue weighted by Crippen LogP contribution is -2.33. The third-order valence-electron chi connectivity index (χ3n) is 4.13. The molecule has 2 aromatic rings. The number of amides is 2. The minimum Gasteiger partial charge on any atom is -0.497 e. The highest BCUT2D eigenvalue weighted by atomic mass is 35.5. The second-order valence-electron chi connectivity index (χ2n) is 6.20. The normalized spacial score (nSPS) is 17.4. The molecule has 6 nitrogen and oxygen atoms in total. The van der Waals surface area contributed by atoms with Crippen molar-refractivity contribution in [2.45, 2.75) is 11.7 Å². The van der Waals surface area contributed by atoms with E-state index in [1.54, 1.807) is 61.7 Å². The lowest BCUT2D eigenvalue weighted by Gasteiger charge is -2.13. The van der Waals surface area contributed by atoms with Crippen LogP contribution < -0.4 is 10.1 Å². The van der Waals surface area contributed by atoms with Crippen LogP contribution in [0.25, 0.3) is 0 Å². The van der Waals surface area contributed by atoms with E-state index < -0.39 is 5.25 Å². The summed E-state index contributed by atoms with van der Waals surface area (Å²) in [5.74, 6) is 0.299. The van der Waals surface area contributed by atoms with Crippen molar-refractivity contribution in [2.24, 2.45) is 4.99 Å². The van der Waals surface area contributed by atoms with Crippen molar-refractivity contribution in [3.63, 3.8) is 0 Å². The molecule has 0 spiro atoms. The Bertz CT molecular complexity index is 929. The van der Waals surface area contributed by atoms with Gasteiger partial charge >= 0.3 is 0 Å². The fraction of sp³-hybridized carbons (Fsp3) is 0.190. The molecule has 1 atom stereocenters. The van der Waals surface area contributed by atoms with Gasteiger partial charge in [-0.15, -0.1) is 6.58 Å². The monoisotopic (exact) mass is 429 g/mol. The van der Waals surface area contributed by atoms with Crippen molar-refractivity contribution in [3.8, 4) is 5.75 Å². The van der Waals surface area contributed by atoms with E-state index in [1.165, 1.54) is 16.7 Å². The van der Waals surface area contributed by atoms with Crippen LogP contribution in [-0.2, 0) is 9.59 Å². The van der Waals surface area contributed by atoms with Crippen LogP contribution in [0.15, 0.2) is 66.2 Å². The number of hydrogen-bond donors (Lipinski definition) is 1. The molecule has 0 aromatic heterocycles. The summed E-state index contributed by atoms with van der Waals surface area (Å²) in [7, 11) is 1.58. The molecule has 1 aliphatic rings. The fourth-order valence-electron chi connectivity index (χ4n) is 2.70. The number of nitrogens with one attached hydrogen (secondary N) is 1. The van der Waals surface area contributed by atoms with E-state index in [9.17, 15) is 9.59 Å². The third kappa shape index (κ3) is 5.40. The molecule has 3 rings (SSSR count). The highest BCUT2D eigenvalue weighted by Gasteiger charge is 2.38. The molecule has 0 bridgehead atoms. The Morgan fingerprint density at radius 3 is 2.59 bits per heavy atom. The zero-order valence-electron chi connectivity index (χ0n) is 15.8. The molecule has 2 amide bonds. The molecular formula is C21H20ClN3O3S. The van der Waals surface area contributed by atoms with Crippen LogP contribution in [0.3, 0.4) is 0 Å². The molecule has 1 N–H and O–H groups in total. The minimum absolute atomic E-state index is 0.0445. The number of benzene rings is 2. The molecule has 0 unspecified atom stereocenters. The molecule has 1 fully saturated rings. The first-order chi connectivity index (χ1) is 14.0. The molecule has 1 aliphatic heterocycles. The molecule has 0 radical (unpaired) electrons. The number of amidine groups is 1. The number of ether oxygens (including phenoxy) is 1. The summed E-state index contributed by atoms with van der Waals surface area (Å²) in [5, 5.41) is 3.42. The predicted molar refractivity (Wildman–Crippen MR) is 118 cm³/mol. The number of thioether (sulfide) groups is 1. The Balaban J connectivity index is 1.70. The van der Waals surface area contributed by atoms with Crippen molar-refractivity contribution >= 4 is 51.7 Å². The van der Waals surface area contributed by atoms with Gasteiger partial charge in [-0.25, -0.2) is 4.99 Å². The summed E-state index contributed by atoms with van der Waals surface area (Å²) < 4.78 is 5.10. The van der Waals surface area contributed by atoms with Gasteiger partial charge in [0, 0.05) is 23.7 Å². The summed E-state index contributed by atoms with van der Waals surface area (Å²) in [5.41, 5.74) is 1.33. The van der Waals surface area contributed by atoms with Gasteiger partial charge in [0.2, 0.25) is 11.8 Å². The number of aliphatic imine (C=N–C) groups is 1. The maximum Gasteiger partial charge on any atom is 0.242 e. The lowest BCUT2D eigenvalue weighted by atomic mass is 10.2. The largest absolute Gasteiger partial charge is 0.497 e. The summed E-state index contributed by atoms with van der Waals surface area (Å²) in [6.07, 6.45) is 1.68. The molecule has 0 aliphatic carbocycles. The second kappa shape index (κ2) is 9.62. The number of hydrogen-bond acceptors (Lipinski definition) is 5. The first-order valence-electron chi connectivity index (χ1n) is 8.87. The van der Waals surface area contributed by atoms with Gasteiger partial charge in [0.15, 0.2) is 5.17 Å². The van der Waals surface area contributed by atoms with Crippen LogP contribution in [0.2, 0.25) is 5.02 Å². The molecule has 150 valence electrons. The van der Waals surface area contributed by atoms with E-state index >= 15 is 0 Å². The summed E-state index contributed by atoms with van der Waals surface area (Å²) in [6.45, 7) is 4.03. The van der Waals surface area contributed by atoms with Crippen molar-refractivity contribution in [3.05, 3.63) is 66.2 Å². The van der Waals surface area contributed by atoms with E-state index in [0.717, 1.165) is 0 Å². The SMILES string of the molecule is C=CCN1C(=O)[C@H](CC(=O)Nc2ccc(OC)cc2)SC1=Nc1ccc(Cl)cc1. The minimum atomic E-state index is -0.542. The average molecular weight is 430 g/mol. The zero-order chi connectivity index (χ0) is 20.8. The molecule has 2 aromatic carbocycles. The topological polar surface area (TPSA) is 71.0 Å².